The van der Waals surface area contributed by atoms with Gasteiger partial charge in [-0.1, -0.05) is 30.3 Å². The van der Waals surface area contributed by atoms with Crippen LogP contribution in [0.1, 0.15) is 11.1 Å². The summed E-state index contributed by atoms with van der Waals surface area (Å²) in [6, 6.07) is 11.4. The van der Waals surface area contributed by atoms with Crippen LogP contribution < -0.4 is 10.5 Å². The van der Waals surface area contributed by atoms with Crippen LogP contribution in [0.5, 0.6) is 5.75 Å². The highest BCUT2D eigenvalue weighted by atomic mass is 16.5. The molecule has 0 fully saturated rings. The number of hydrogen-bond acceptors (Lipinski definition) is 4. The normalized spacial score (nSPS) is 11.1. The monoisotopic (exact) mass is 270 g/mol. The van der Waals surface area contributed by atoms with Crippen LogP contribution in [-0.2, 0) is 11.4 Å². The van der Waals surface area contributed by atoms with Crippen molar-refractivity contribution in [2.45, 2.75) is 6.61 Å². The number of nitrogens with two attached hydrogens (primary N) is 1. The van der Waals surface area contributed by atoms with E-state index in [-0.39, 0.29) is 5.70 Å². The van der Waals surface area contributed by atoms with Crippen LogP contribution in [0.15, 0.2) is 54.9 Å². The van der Waals surface area contributed by atoms with E-state index in [1.807, 2.05) is 30.3 Å². The van der Waals surface area contributed by atoms with Crippen molar-refractivity contribution in [2.24, 2.45) is 5.73 Å². The van der Waals surface area contributed by atoms with E-state index in [0.717, 1.165) is 11.6 Å². The number of benzene rings is 1. The Morgan fingerprint density at radius 3 is 2.75 bits per heavy atom. The fraction of sp³-hybridized carbons (Fsp3) is 0.0667. The molecule has 0 aliphatic rings. The maximum absolute atomic E-state index is 10.6. The summed E-state index contributed by atoms with van der Waals surface area (Å²) in [5.41, 5.74) is 7.34. The molecule has 2 aromatic rings. The topological polar surface area (TPSA) is 85.4 Å². The first-order valence-electron chi connectivity index (χ1n) is 5.97. The third kappa shape index (κ3) is 3.84. The summed E-state index contributed by atoms with van der Waals surface area (Å²) in [4.78, 5) is 14.6. The smallest absolute Gasteiger partial charge is 0.330 e. The zero-order valence-electron chi connectivity index (χ0n) is 10.7. The van der Waals surface area contributed by atoms with Gasteiger partial charge in [0.15, 0.2) is 0 Å². The minimum Gasteiger partial charge on any atom is -0.487 e. The lowest BCUT2D eigenvalue weighted by Gasteiger charge is -2.07. The molecule has 0 atom stereocenters. The van der Waals surface area contributed by atoms with Gasteiger partial charge >= 0.3 is 5.97 Å². The van der Waals surface area contributed by atoms with Gasteiger partial charge in [-0.25, -0.2) is 4.79 Å². The van der Waals surface area contributed by atoms with Gasteiger partial charge in [0.25, 0.3) is 0 Å². The molecule has 102 valence electrons. The Bertz CT molecular complexity index is 624. The van der Waals surface area contributed by atoms with Crippen LogP contribution >= 0.6 is 0 Å². The lowest BCUT2D eigenvalue weighted by molar-refractivity contribution is -0.131. The molecule has 0 amide bonds. The van der Waals surface area contributed by atoms with Crippen molar-refractivity contribution >= 4 is 11.7 Å². The SMILES string of the molecule is NC(=CC(=O)O)c1cncc(OCc2ccccc2)c1. The first-order valence-corrected chi connectivity index (χ1v) is 5.97. The van der Waals surface area contributed by atoms with Crippen molar-refractivity contribution in [2.75, 3.05) is 0 Å². The highest BCUT2D eigenvalue weighted by molar-refractivity contribution is 5.89. The van der Waals surface area contributed by atoms with E-state index in [0.29, 0.717) is 17.9 Å². The average molecular weight is 270 g/mol. The van der Waals surface area contributed by atoms with E-state index >= 15 is 0 Å². The molecule has 0 unspecified atom stereocenters. The average Bonchev–Trinajstić information content (AvgIpc) is 2.46. The van der Waals surface area contributed by atoms with Crippen LogP contribution in [0, 0.1) is 0 Å². The van der Waals surface area contributed by atoms with Gasteiger partial charge in [-0.3, -0.25) is 4.98 Å². The molecule has 1 heterocycles. The van der Waals surface area contributed by atoms with E-state index < -0.39 is 5.97 Å². The molecule has 1 aromatic heterocycles. The fourth-order valence-corrected chi connectivity index (χ4v) is 1.61. The third-order valence-electron chi connectivity index (χ3n) is 2.57. The molecule has 5 heteroatoms. The second-order valence-electron chi connectivity index (χ2n) is 4.12. The van der Waals surface area contributed by atoms with Gasteiger partial charge in [-0.15, -0.1) is 0 Å². The highest BCUT2D eigenvalue weighted by Gasteiger charge is 2.03. The van der Waals surface area contributed by atoms with Gasteiger partial charge in [0.2, 0.25) is 0 Å². The van der Waals surface area contributed by atoms with E-state index in [2.05, 4.69) is 4.98 Å². The van der Waals surface area contributed by atoms with Crippen molar-refractivity contribution in [3.63, 3.8) is 0 Å². The van der Waals surface area contributed by atoms with Gasteiger partial charge in [-0.2, -0.15) is 0 Å². The first kappa shape index (κ1) is 13.6. The van der Waals surface area contributed by atoms with Crippen LogP contribution in [0.25, 0.3) is 5.70 Å². The summed E-state index contributed by atoms with van der Waals surface area (Å²) in [6.07, 6.45) is 3.97. The molecule has 0 aliphatic carbocycles. The van der Waals surface area contributed by atoms with E-state index in [1.54, 1.807) is 12.3 Å². The molecule has 0 saturated heterocycles. The quantitative estimate of drug-likeness (QED) is 0.812. The van der Waals surface area contributed by atoms with Gasteiger partial charge in [-0.05, 0) is 11.6 Å². The van der Waals surface area contributed by atoms with Gasteiger partial charge < -0.3 is 15.6 Å². The number of hydrogen-bond donors (Lipinski definition) is 2. The Balaban J connectivity index is 2.08. The van der Waals surface area contributed by atoms with Crippen molar-refractivity contribution in [3.8, 4) is 5.75 Å². The molecule has 1 aromatic carbocycles. The number of rotatable bonds is 5. The van der Waals surface area contributed by atoms with Crippen molar-refractivity contribution in [3.05, 3.63) is 66.0 Å². The number of aromatic nitrogens is 1. The summed E-state index contributed by atoms with van der Waals surface area (Å²) in [7, 11) is 0. The van der Waals surface area contributed by atoms with E-state index in [9.17, 15) is 4.79 Å². The molecule has 0 aliphatic heterocycles. The highest BCUT2D eigenvalue weighted by Crippen LogP contribution is 2.16. The molecule has 0 saturated carbocycles. The standard InChI is InChI=1S/C15H14N2O3/c16-14(7-15(18)19)12-6-13(9-17-8-12)20-10-11-4-2-1-3-5-11/h1-9H,10,16H2,(H,18,19). The number of pyridine rings is 1. The predicted molar refractivity (Wildman–Crippen MR) is 74.8 cm³/mol. The van der Waals surface area contributed by atoms with Gasteiger partial charge in [0.1, 0.15) is 12.4 Å². The summed E-state index contributed by atoms with van der Waals surface area (Å²) >= 11 is 0. The minimum absolute atomic E-state index is 0.134. The molecule has 0 radical (unpaired) electrons. The van der Waals surface area contributed by atoms with Crippen LogP contribution in [0.2, 0.25) is 0 Å². The molecular formula is C15H14N2O3. The zero-order valence-corrected chi connectivity index (χ0v) is 10.7. The molecule has 5 nitrogen and oxygen atoms in total. The molecular weight excluding hydrogens is 256 g/mol. The molecule has 3 N–H and O–H groups in total. The predicted octanol–water partition coefficient (Wildman–Crippen LogP) is 2.04. The summed E-state index contributed by atoms with van der Waals surface area (Å²) in [6.45, 7) is 0.411. The minimum atomic E-state index is -1.10. The van der Waals surface area contributed by atoms with E-state index in [1.165, 1.54) is 6.20 Å². The fourth-order valence-electron chi connectivity index (χ4n) is 1.61. The van der Waals surface area contributed by atoms with Crippen LogP contribution in [0.4, 0.5) is 0 Å². The number of aliphatic carboxylic acids is 1. The second kappa shape index (κ2) is 6.38. The molecule has 0 spiro atoms. The lowest BCUT2D eigenvalue weighted by Crippen LogP contribution is -2.02. The first-order chi connectivity index (χ1) is 9.65. The Kier molecular flexibility index (Phi) is 4.34. The molecule has 2 rings (SSSR count). The summed E-state index contributed by atoms with van der Waals surface area (Å²) in [5.74, 6) is -0.564. The molecule has 0 bridgehead atoms. The zero-order chi connectivity index (χ0) is 14.4. The number of carboxylic acid groups (broad SMARTS) is 1. The van der Waals surface area contributed by atoms with Crippen molar-refractivity contribution < 1.29 is 14.6 Å². The Morgan fingerprint density at radius 2 is 2.05 bits per heavy atom. The number of nitrogens with zero attached hydrogens (tertiary/aromatic N) is 1. The number of ether oxygens (including phenoxy) is 1. The van der Waals surface area contributed by atoms with E-state index in [4.69, 9.17) is 15.6 Å². The lowest BCUT2D eigenvalue weighted by atomic mass is 10.2. The second-order valence-corrected chi connectivity index (χ2v) is 4.12. The maximum atomic E-state index is 10.6. The summed E-state index contributed by atoms with van der Waals surface area (Å²) < 4.78 is 5.60. The molecule has 20 heavy (non-hydrogen) atoms. The van der Waals surface area contributed by atoms with Crippen LogP contribution in [0.3, 0.4) is 0 Å². The van der Waals surface area contributed by atoms with Crippen LogP contribution in [-0.4, -0.2) is 16.1 Å². The van der Waals surface area contributed by atoms with Gasteiger partial charge in [0, 0.05) is 23.5 Å². The Morgan fingerprint density at radius 1 is 1.30 bits per heavy atom. The largest absolute Gasteiger partial charge is 0.487 e. The van der Waals surface area contributed by atoms with Crippen molar-refractivity contribution in [1.29, 1.82) is 0 Å². The number of carbonyl (C=O) groups is 1. The Hall–Kier alpha value is -2.82. The maximum Gasteiger partial charge on any atom is 0.330 e. The Labute approximate surface area is 116 Å². The van der Waals surface area contributed by atoms with Gasteiger partial charge in [0.05, 0.1) is 6.20 Å². The summed E-state index contributed by atoms with van der Waals surface area (Å²) in [5, 5.41) is 8.66. The third-order valence-corrected chi connectivity index (χ3v) is 2.57. The van der Waals surface area contributed by atoms with Crippen molar-refractivity contribution in [1.82, 2.24) is 4.98 Å². The number of carboxylic acids is 1.